The monoisotopic (exact) mass is 275 g/mol. The van der Waals surface area contributed by atoms with Crippen molar-refractivity contribution in [3.05, 3.63) is 0 Å². The number of amides is 1. The summed E-state index contributed by atoms with van der Waals surface area (Å²) in [5.74, 6) is -1.60. The van der Waals surface area contributed by atoms with E-state index in [0.717, 1.165) is 12.8 Å². The summed E-state index contributed by atoms with van der Waals surface area (Å²) in [5.41, 5.74) is 0. The Morgan fingerprint density at radius 3 is 2.33 bits per heavy atom. The first-order valence-electron chi connectivity index (χ1n) is 6.12. The standard InChI is InChI=1S/C11H17NO5S/c13-10(14)3-5-12(9-1-2-9)11(15)8-4-6-18(16,17)7-8/h8-9H,1-7H2,(H,13,14). The Morgan fingerprint density at radius 2 is 1.89 bits per heavy atom. The van der Waals surface area contributed by atoms with E-state index in [4.69, 9.17) is 5.11 Å². The molecule has 1 unspecified atom stereocenters. The molecule has 0 aromatic heterocycles. The molecule has 0 bridgehead atoms. The number of rotatable bonds is 5. The predicted octanol–water partition coefficient (Wildman–Crippen LogP) is -0.113. The topological polar surface area (TPSA) is 91.8 Å². The van der Waals surface area contributed by atoms with Gasteiger partial charge in [0, 0.05) is 12.6 Å². The molecule has 0 aromatic rings. The summed E-state index contributed by atoms with van der Waals surface area (Å²) in [5, 5.41) is 8.66. The highest BCUT2D eigenvalue weighted by molar-refractivity contribution is 7.91. The molecule has 6 nitrogen and oxygen atoms in total. The quantitative estimate of drug-likeness (QED) is 0.755. The fourth-order valence-corrected chi connectivity index (χ4v) is 4.03. The molecule has 1 amide bonds. The van der Waals surface area contributed by atoms with Gasteiger partial charge in [0.25, 0.3) is 0 Å². The average Bonchev–Trinajstić information content (AvgIpc) is 3.02. The molecule has 1 aliphatic carbocycles. The maximum Gasteiger partial charge on any atom is 0.305 e. The van der Waals surface area contributed by atoms with Crippen LogP contribution >= 0.6 is 0 Å². The first kappa shape index (κ1) is 13.3. The first-order valence-corrected chi connectivity index (χ1v) is 7.94. The molecule has 0 spiro atoms. The van der Waals surface area contributed by atoms with Crippen molar-refractivity contribution in [3.8, 4) is 0 Å². The second-order valence-corrected chi connectivity index (χ2v) is 7.24. The van der Waals surface area contributed by atoms with Crippen LogP contribution in [0, 0.1) is 5.92 Å². The minimum absolute atomic E-state index is 0.0703. The number of carboxylic acids is 1. The van der Waals surface area contributed by atoms with E-state index in [1.165, 1.54) is 0 Å². The van der Waals surface area contributed by atoms with E-state index in [-0.39, 0.29) is 36.4 Å². The second kappa shape index (κ2) is 4.87. The SMILES string of the molecule is O=C(O)CCN(C(=O)C1CCS(=O)(=O)C1)C1CC1. The summed E-state index contributed by atoms with van der Waals surface area (Å²) < 4.78 is 22.7. The van der Waals surface area contributed by atoms with E-state index in [2.05, 4.69) is 0 Å². The largest absolute Gasteiger partial charge is 0.481 e. The van der Waals surface area contributed by atoms with Gasteiger partial charge in [0.2, 0.25) is 5.91 Å². The van der Waals surface area contributed by atoms with Crippen molar-refractivity contribution in [3.63, 3.8) is 0 Å². The van der Waals surface area contributed by atoms with Gasteiger partial charge in [-0.25, -0.2) is 8.42 Å². The highest BCUT2D eigenvalue weighted by atomic mass is 32.2. The lowest BCUT2D eigenvalue weighted by atomic mass is 10.1. The van der Waals surface area contributed by atoms with Crippen LogP contribution in [0.5, 0.6) is 0 Å². The van der Waals surface area contributed by atoms with E-state index in [1.54, 1.807) is 4.90 Å². The lowest BCUT2D eigenvalue weighted by Crippen LogP contribution is -2.39. The summed E-state index contributed by atoms with van der Waals surface area (Å²) in [6, 6.07) is 0.125. The summed E-state index contributed by atoms with van der Waals surface area (Å²) in [6.45, 7) is 0.190. The van der Waals surface area contributed by atoms with Crippen molar-refractivity contribution in [1.29, 1.82) is 0 Å². The van der Waals surface area contributed by atoms with Gasteiger partial charge in [0.1, 0.15) is 0 Å². The molecule has 2 fully saturated rings. The van der Waals surface area contributed by atoms with Crippen LogP contribution < -0.4 is 0 Å². The molecule has 18 heavy (non-hydrogen) atoms. The third-order valence-corrected chi connectivity index (χ3v) is 5.19. The lowest BCUT2D eigenvalue weighted by Gasteiger charge is -2.24. The van der Waals surface area contributed by atoms with Gasteiger partial charge in [-0.15, -0.1) is 0 Å². The molecular weight excluding hydrogens is 258 g/mol. The van der Waals surface area contributed by atoms with Crippen LogP contribution in [-0.2, 0) is 19.4 Å². The minimum Gasteiger partial charge on any atom is -0.481 e. The van der Waals surface area contributed by atoms with Crippen molar-refractivity contribution in [2.45, 2.75) is 31.7 Å². The van der Waals surface area contributed by atoms with Gasteiger partial charge in [-0.05, 0) is 19.3 Å². The molecule has 1 aliphatic heterocycles. The van der Waals surface area contributed by atoms with Crippen molar-refractivity contribution >= 4 is 21.7 Å². The number of carboxylic acid groups (broad SMARTS) is 1. The molecule has 1 saturated heterocycles. The maximum atomic E-state index is 12.2. The lowest BCUT2D eigenvalue weighted by molar-refractivity contribution is -0.139. The van der Waals surface area contributed by atoms with E-state index in [1.807, 2.05) is 0 Å². The molecule has 2 rings (SSSR count). The normalized spacial score (nSPS) is 25.9. The number of sulfone groups is 1. The number of hydrogen-bond donors (Lipinski definition) is 1. The first-order chi connectivity index (χ1) is 8.39. The molecule has 0 radical (unpaired) electrons. The Bertz CT molecular complexity index is 454. The van der Waals surface area contributed by atoms with Crippen molar-refractivity contribution in [2.75, 3.05) is 18.1 Å². The zero-order chi connectivity index (χ0) is 13.3. The molecule has 0 aromatic carbocycles. The number of aliphatic carboxylic acids is 1. The van der Waals surface area contributed by atoms with Crippen molar-refractivity contribution < 1.29 is 23.1 Å². The van der Waals surface area contributed by atoms with E-state index >= 15 is 0 Å². The van der Waals surface area contributed by atoms with Crippen molar-refractivity contribution in [1.82, 2.24) is 4.90 Å². The average molecular weight is 275 g/mol. The number of carbonyl (C=O) groups excluding carboxylic acids is 1. The molecule has 1 saturated carbocycles. The van der Waals surface area contributed by atoms with Gasteiger partial charge in [0.15, 0.2) is 9.84 Å². The molecule has 7 heteroatoms. The highest BCUT2D eigenvalue weighted by Crippen LogP contribution is 2.30. The molecule has 1 heterocycles. The Hall–Kier alpha value is -1.11. The molecule has 2 aliphatic rings. The summed E-state index contributed by atoms with van der Waals surface area (Å²) in [4.78, 5) is 24.3. The Morgan fingerprint density at radius 1 is 1.22 bits per heavy atom. The Labute approximate surface area is 106 Å². The third kappa shape index (κ3) is 3.22. The summed E-state index contributed by atoms with van der Waals surface area (Å²) in [7, 11) is -3.07. The van der Waals surface area contributed by atoms with Gasteiger partial charge >= 0.3 is 5.97 Å². The van der Waals surface area contributed by atoms with Crippen LogP contribution in [0.25, 0.3) is 0 Å². The molecule has 102 valence electrons. The van der Waals surface area contributed by atoms with Gasteiger partial charge < -0.3 is 10.0 Å². The maximum absolute atomic E-state index is 12.2. The molecule has 1 atom stereocenters. The second-order valence-electron chi connectivity index (χ2n) is 5.01. The van der Waals surface area contributed by atoms with Gasteiger partial charge in [-0.1, -0.05) is 0 Å². The zero-order valence-corrected chi connectivity index (χ0v) is 10.9. The van der Waals surface area contributed by atoms with Crippen LogP contribution in [-0.4, -0.2) is 54.4 Å². The van der Waals surface area contributed by atoms with E-state index < -0.39 is 21.7 Å². The third-order valence-electron chi connectivity index (χ3n) is 3.42. The highest BCUT2D eigenvalue weighted by Gasteiger charge is 2.40. The Kier molecular flexibility index (Phi) is 3.61. The summed E-state index contributed by atoms with van der Waals surface area (Å²) in [6.07, 6.45) is 2.08. The minimum atomic E-state index is -3.07. The fourth-order valence-electron chi connectivity index (χ4n) is 2.30. The van der Waals surface area contributed by atoms with E-state index in [0.29, 0.717) is 6.42 Å². The summed E-state index contributed by atoms with van der Waals surface area (Å²) >= 11 is 0. The van der Waals surface area contributed by atoms with Gasteiger partial charge in [-0.2, -0.15) is 0 Å². The van der Waals surface area contributed by atoms with Gasteiger partial charge in [-0.3, -0.25) is 9.59 Å². The van der Waals surface area contributed by atoms with Crippen molar-refractivity contribution in [2.24, 2.45) is 5.92 Å². The fraction of sp³-hybridized carbons (Fsp3) is 0.818. The number of hydrogen-bond acceptors (Lipinski definition) is 4. The van der Waals surface area contributed by atoms with Crippen LogP contribution in [0.2, 0.25) is 0 Å². The zero-order valence-electron chi connectivity index (χ0n) is 10.0. The molecule has 1 N–H and O–H groups in total. The number of carbonyl (C=O) groups is 2. The van der Waals surface area contributed by atoms with Crippen LogP contribution in [0.4, 0.5) is 0 Å². The van der Waals surface area contributed by atoms with Gasteiger partial charge in [0.05, 0.1) is 23.8 Å². The molecular formula is C11H17NO5S. The van der Waals surface area contributed by atoms with Crippen LogP contribution in [0.3, 0.4) is 0 Å². The smallest absolute Gasteiger partial charge is 0.305 e. The van der Waals surface area contributed by atoms with Crippen LogP contribution in [0.15, 0.2) is 0 Å². The van der Waals surface area contributed by atoms with Crippen LogP contribution in [0.1, 0.15) is 25.7 Å². The number of nitrogens with zero attached hydrogens (tertiary/aromatic N) is 1. The predicted molar refractivity (Wildman–Crippen MR) is 63.7 cm³/mol. The Balaban J connectivity index is 1.98. The van der Waals surface area contributed by atoms with E-state index in [9.17, 15) is 18.0 Å².